The van der Waals surface area contributed by atoms with Gasteiger partial charge in [0.05, 0.1) is 17.4 Å². The molecule has 2 fully saturated rings. The number of aromatic nitrogens is 1. The summed E-state index contributed by atoms with van der Waals surface area (Å²) in [5, 5.41) is 8.39. The Morgan fingerprint density at radius 1 is 1.07 bits per heavy atom. The molecule has 1 aromatic heterocycles. The van der Waals surface area contributed by atoms with Crippen molar-refractivity contribution in [1.29, 1.82) is 0 Å². The number of anilines is 1. The largest absolute Gasteiger partial charge is 0.477 e. The number of nitrogens with zero attached hydrogens (tertiary/aromatic N) is 3. The number of hydrogen-bond acceptors (Lipinski definition) is 5. The number of hydrogen-bond donors (Lipinski definition) is 1. The van der Waals surface area contributed by atoms with Crippen LogP contribution in [0.2, 0.25) is 0 Å². The summed E-state index contributed by atoms with van der Waals surface area (Å²) in [5.41, 5.74) is -2.95. The van der Waals surface area contributed by atoms with Gasteiger partial charge >= 0.3 is 5.97 Å². The van der Waals surface area contributed by atoms with Crippen molar-refractivity contribution in [2.75, 3.05) is 37.6 Å². The smallest absolute Gasteiger partial charge is 0.341 e. The highest BCUT2D eigenvalue weighted by Crippen LogP contribution is 2.40. The molecule has 0 amide bonds. The summed E-state index contributed by atoms with van der Waals surface area (Å²) in [6.07, 6.45) is 2.25. The number of benzene rings is 1. The average molecular weight is 423 g/mol. The topological polar surface area (TPSA) is 82.8 Å². The third kappa shape index (κ3) is 3.34. The van der Waals surface area contributed by atoms with E-state index in [1.54, 1.807) is 0 Å². The molecule has 0 bridgehead atoms. The zero-order valence-corrected chi connectivity index (χ0v) is 16.3. The van der Waals surface area contributed by atoms with Crippen molar-refractivity contribution in [3.8, 4) is 0 Å². The van der Waals surface area contributed by atoms with E-state index in [1.807, 2.05) is 4.90 Å². The number of carbonyl (C=O) groups is 2. The highest BCUT2D eigenvalue weighted by molar-refractivity contribution is 5.94. The number of aromatic carboxylic acids is 1. The number of carboxylic acid groups (broad SMARTS) is 1. The number of fused-ring (bicyclic) bond motifs is 1. The molecule has 0 radical (unpaired) electrons. The van der Waals surface area contributed by atoms with Crippen molar-refractivity contribution in [2.24, 2.45) is 0 Å². The second-order valence-corrected chi connectivity index (χ2v) is 7.79. The molecule has 2 aromatic rings. The third-order valence-corrected chi connectivity index (χ3v) is 5.58. The molecule has 7 nitrogen and oxygen atoms in total. The number of ketones is 1. The third-order valence-electron chi connectivity index (χ3n) is 5.58. The zero-order chi connectivity index (χ0) is 21.7. The number of piperazine rings is 1. The summed E-state index contributed by atoms with van der Waals surface area (Å²) in [4.78, 5) is 38.4. The lowest BCUT2D eigenvalue weighted by Crippen LogP contribution is -2.48. The molecule has 10 heteroatoms. The normalized spacial score (nSPS) is 17.5. The van der Waals surface area contributed by atoms with Crippen LogP contribution in [0.4, 0.5) is 18.9 Å². The molecule has 1 aliphatic carbocycles. The molecule has 0 unspecified atom stereocenters. The Bertz CT molecular complexity index is 1120. The van der Waals surface area contributed by atoms with E-state index >= 15 is 4.39 Å². The van der Waals surface area contributed by atoms with Crippen molar-refractivity contribution >= 4 is 28.3 Å². The quantitative estimate of drug-likeness (QED) is 0.743. The molecule has 1 aliphatic heterocycles. The fourth-order valence-electron chi connectivity index (χ4n) is 4.00. The van der Waals surface area contributed by atoms with Crippen molar-refractivity contribution in [1.82, 2.24) is 9.47 Å². The molecule has 2 heterocycles. The molecule has 1 saturated carbocycles. The maximum Gasteiger partial charge on any atom is 0.341 e. The van der Waals surface area contributed by atoms with Gasteiger partial charge in [0, 0.05) is 38.4 Å². The predicted molar refractivity (Wildman–Crippen MR) is 103 cm³/mol. The van der Waals surface area contributed by atoms with E-state index in [-0.39, 0.29) is 31.5 Å². The summed E-state index contributed by atoms with van der Waals surface area (Å²) < 4.78 is 46.7. The Balaban J connectivity index is 1.86. The standard InChI is InChI=1S/C20H20F3N3O4/c1-10(27)8-24-4-6-25(7-5-24)18-15(22)14(21)13-17(16(18)23)26(11-2-3-11)9-12(19(13)28)20(29)30/h9,11H,2-8H2,1H3,(H,29,30). The minimum absolute atomic E-state index is 0.0276. The van der Waals surface area contributed by atoms with Crippen LogP contribution in [-0.2, 0) is 4.79 Å². The lowest BCUT2D eigenvalue weighted by Gasteiger charge is -2.36. The minimum Gasteiger partial charge on any atom is -0.477 e. The van der Waals surface area contributed by atoms with E-state index in [9.17, 15) is 28.3 Å². The first-order valence-electron chi connectivity index (χ1n) is 9.66. The van der Waals surface area contributed by atoms with Crippen LogP contribution in [0, 0.1) is 17.5 Å². The van der Waals surface area contributed by atoms with E-state index in [2.05, 4.69) is 0 Å². The lowest BCUT2D eigenvalue weighted by molar-refractivity contribution is -0.118. The van der Waals surface area contributed by atoms with Crippen molar-refractivity contribution in [3.05, 3.63) is 39.4 Å². The molecule has 0 spiro atoms. The van der Waals surface area contributed by atoms with Gasteiger partial charge in [0.2, 0.25) is 5.43 Å². The Labute approximate surface area is 169 Å². The first-order chi connectivity index (χ1) is 14.2. The monoisotopic (exact) mass is 423 g/mol. The zero-order valence-electron chi connectivity index (χ0n) is 16.3. The van der Waals surface area contributed by atoms with Crippen LogP contribution >= 0.6 is 0 Å². The molecule has 2 aliphatic rings. The van der Waals surface area contributed by atoms with Crippen LogP contribution in [0.5, 0.6) is 0 Å². The van der Waals surface area contributed by atoms with Crippen LogP contribution < -0.4 is 10.3 Å². The maximum absolute atomic E-state index is 15.5. The summed E-state index contributed by atoms with van der Waals surface area (Å²) in [6.45, 7) is 2.76. The molecular formula is C20H20F3N3O4. The van der Waals surface area contributed by atoms with Crippen LogP contribution in [0.3, 0.4) is 0 Å². The van der Waals surface area contributed by atoms with Gasteiger partial charge < -0.3 is 14.6 Å². The number of pyridine rings is 1. The summed E-state index contributed by atoms with van der Waals surface area (Å²) >= 11 is 0. The van der Waals surface area contributed by atoms with Crippen LogP contribution in [0.15, 0.2) is 11.0 Å². The Kier molecular flexibility index (Phi) is 5.05. The predicted octanol–water partition coefficient (Wildman–Crippen LogP) is 2.16. The first-order valence-corrected chi connectivity index (χ1v) is 9.66. The summed E-state index contributed by atoms with van der Waals surface area (Å²) in [6, 6.07) is -0.272. The van der Waals surface area contributed by atoms with E-state index in [0.29, 0.717) is 25.9 Å². The van der Waals surface area contributed by atoms with Gasteiger partial charge in [-0.2, -0.15) is 0 Å². The van der Waals surface area contributed by atoms with Crippen molar-refractivity contribution in [2.45, 2.75) is 25.8 Å². The second kappa shape index (κ2) is 7.42. The van der Waals surface area contributed by atoms with Gasteiger partial charge in [0.25, 0.3) is 0 Å². The van der Waals surface area contributed by atoms with E-state index in [1.165, 1.54) is 16.4 Å². The van der Waals surface area contributed by atoms with Crippen LogP contribution in [-0.4, -0.2) is 59.0 Å². The minimum atomic E-state index is -1.58. The van der Waals surface area contributed by atoms with E-state index in [0.717, 1.165) is 6.20 Å². The van der Waals surface area contributed by atoms with Crippen LogP contribution in [0.1, 0.15) is 36.2 Å². The molecule has 4 rings (SSSR count). The summed E-state index contributed by atoms with van der Waals surface area (Å²) in [5.74, 6) is -5.75. The second-order valence-electron chi connectivity index (χ2n) is 7.79. The SMILES string of the molecule is CC(=O)CN1CCN(c2c(F)c(F)c3c(=O)c(C(=O)O)cn(C4CC4)c3c2F)CC1. The van der Waals surface area contributed by atoms with Crippen molar-refractivity contribution < 1.29 is 27.9 Å². The van der Waals surface area contributed by atoms with Gasteiger partial charge in [-0.1, -0.05) is 0 Å². The fourth-order valence-corrected chi connectivity index (χ4v) is 4.00. The molecule has 30 heavy (non-hydrogen) atoms. The van der Waals surface area contributed by atoms with E-state index < -0.39 is 51.0 Å². The number of carboxylic acids is 1. The Morgan fingerprint density at radius 3 is 2.23 bits per heavy atom. The molecule has 1 aromatic carbocycles. The Morgan fingerprint density at radius 2 is 1.70 bits per heavy atom. The molecule has 0 atom stereocenters. The highest BCUT2D eigenvalue weighted by Gasteiger charge is 2.34. The van der Waals surface area contributed by atoms with Crippen molar-refractivity contribution in [3.63, 3.8) is 0 Å². The number of rotatable bonds is 5. The first kappa shape index (κ1) is 20.4. The fraction of sp³-hybridized carbons (Fsp3) is 0.450. The van der Waals surface area contributed by atoms with Gasteiger partial charge in [-0.3, -0.25) is 14.5 Å². The Hall–Kier alpha value is -2.88. The maximum atomic E-state index is 15.5. The van der Waals surface area contributed by atoms with Crippen LogP contribution in [0.25, 0.3) is 10.9 Å². The summed E-state index contributed by atoms with van der Waals surface area (Å²) in [7, 11) is 0. The molecule has 1 saturated heterocycles. The number of carbonyl (C=O) groups excluding carboxylic acids is 1. The van der Waals surface area contributed by atoms with Gasteiger partial charge in [-0.05, 0) is 19.8 Å². The lowest BCUT2D eigenvalue weighted by atomic mass is 10.1. The van der Waals surface area contributed by atoms with Gasteiger partial charge in [0.15, 0.2) is 17.5 Å². The highest BCUT2D eigenvalue weighted by atomic mass is 19.2. The van der Waals surface area contributed by atoms with Gasteiger partial charge in [-0.25, -0.2) is 18.0 Å². The van der Waals surface area contributed by atoms with E-state index in [4.69, 9.17) is 0 Å². The molecule has 1 N–H and O–H groups in total. The van der Waals surface area contributed by atoms with Gasteiger partial charge in [0.1, 0.15) is 17.0 Å². The number of Topliss-reactive ketones (excluding diaryl/α,β-unsaturated/α-hetero) is 1. The molecular weight excluding hydrogens is 403 g/mol. The number of halogens is 3. The van der Waals surface area contributed by atoms with Gasteiger partial charge in [-0.15, -0.1) is 0 Å². The average Bonchev–Trinajstić information content (AvgIpc) is 3.52. The molecule has 160 valence electrons.